The predicted molar refractivity (Wildman–Crippen MR) is 97.0 cm³/mol. The lowest BCUT2D eigenvalue weighted by molar-refractivity contribution is -0.127. The Kier molecular flexibility index (Phi) is 5.23. The van der Waals surface area contributed by atoms with Crippen LogP contribution in [0.5, 0.6) is 0 Å². The summed E-state index contributed by atoms with van der Waals surface area (Å²) in [6.45, 7) is 1.85. The number of carbonyl (C=O) groups is 2. The summed E-state index contributed by atoms with van der Waals surface area (Å²) in [5.74, 6) is 0.172. The first-order valence-corrected chi connectivity index (χ1v) is 8.56. The van der Waals surface area contributed by atoms with Crippen molar-refractivity contribution in [1.29, 1.82) is 0 Å². The maximum absolute atomic E-state index is 12.4. The van der Waals surface area contributed by atoms with Crippen LogP contribution in [0, 0.1) is 0 Å². The lowest BCUT2D eigenvalue weighted by Crippen LogP contribution is -2.34. The Morgan fingerprint density at radius 1 is 1.32 bits per heavy atom. The monoisotopic (exact) mass is 362 g/mol. The molecule has 3 rings (SSSR count). The molecule has 3 amide bonds. The lowest BCUT2D eigenvalue weighted by atomic mass is 10.2. The molecule has 3 N–H and O–H groups in total. The first-order chi connectivity index (χ1) is 12.1. The fraction of sp³-hybridized carbons (Fsp3) is 0.353. The Bertz CT molecular complexity index is 865. The number of nitrogens with zero attached hydrogens (tertiary/aromatic N) is 1. The minimum Gasteiger partial charge on any atom is -0.358 e. The number of aromatic amines is 1. The predicted octanol–water partition coefficient (Wildman–Crippen LogP) is 2.32. The highest BCUT2D eigenvalue weighted by molar-refractivity contribution is 6.35. The van der Waals surface area contributed by atoms with E-state index in [1.165, 1.54) is 6.20 Å². The minimum absolute atomic E-state index is 0.155. The number of carbonyl (C=O) groups excluding carboxylic acids is 2. The van der Waals surface area contributed by atoms with Crippen LogP contribution in [-0.2, 0) is 4.79 Å². The molecule has 132 valence electrons. The Labute approximate surface area is 149 Å². The summed E-state index contributed by atoms with van der Waals surface area (Å²) in [5, 5.41) is 6.09. The topological polar surface area (TPSA) is 94.3 Å². The van der Waals surface area contributed by atoms with Crippen LogP contribution in [0.25, 0.3) is 10.9 Å². The van der Waals surface area contributed by atoms with Crippen LogP contribution in [0.4, 0.5) is 10.5 Å². The number of pyridine rings is 1. The van der Waals surface area contributed by atoms with Crippen molar-refractivity contribution in [2.75, 3.05) is 25.0 Å². The first-order valence-electron chi connectivity index (χ1n) is 8.19. The smallest absolute Gasteiger partial charge is 0.319 e. The van der Waals surface area contributed by atoms with Gasteiger partial charge in [-0.3, -0.25) is 9.59 Å². The number of anilines is 1. The average molecular weight is 363 g/mol. The molecule has 8 heteroatoms. The number of H-pyrrole nitrogens is 1. The number of amides is 3. The standard InChI is InChI=1S/C17H19ClN4O3/c18-12-5-1-4-11-15(12)20-10-13(16(11)24)21-17(25)19-7-3-9-22-8-2-6-14(22)23/h1,4-5,10H,2-3,6-9H2,(H,20,24)(H2,19,21,25). The molecule has 1 fully saturated rings. The third kappa shape index (κ3) is 3.93. The normalized spacial score (nSPS) is 14.1. The van der Waals surface area contributed by atoms with Crippen molar-refractivity contribution in [1.82, 2.24) is 15.2 Å². The van der Waals surface area contributed by atoms with Gasteiger partial charge in [0, 0.05) is 37.6 Å². The molecule has 7 nitrogen and oxygen atoms in total. The summed E-state index contributed by atoms with van der Waals surface area (Å²) in [5.41, 5.74) is 0.395. The second-order valence-electron chi connectivity index (χ2n) is 5.91. The van der Waals surface area contributed by atoms with Crippen LogP contribution in [0.15, 0.2) is 29.2 Å². The van der Waals surface area contributed by atoms with Crippen LogP contribution < -0.4 is 16.1 Å². The van der Waals surface area contributed by atoms with Gasteiger partial charge in [0.25, 0.3) is 0 Å². The molecule has 0 atom stereocenters. The van der Waals surface area contributed by atoms with E-state index < -0.39 is 6.03 Å². The number of benzene rings is 1. The number of hydrogen-bond donors (Lipinski definition) is 3. The highest BCUT2D eigenvalue weighted by Crippen LogP contribution is 2.19. The van der Waals surface area contributed by atoms with Gasteiger partial charge in [-0.05, 0) is 25.0 Å². The lowest BCUT2D eigenvalue weighted by Gasteiger charge is -2.15. The highest BCUT2D eigenvalue weighted by Gasteiger charge is 2.19. The molecule has 0 spiro atoms. The summed E-state index contributed by atoms with van der Waals surface area (Å²) in [6, 6.07) is 4.56. The molecule has 1 aromatic heterocycles. The van der Waals surface area contributed by atoms with Crippen molar-refractivity contribution >= 4 is 40.1 Å². The Morgan fingerprint density at radius 3 is 2.92 bits per heavy atom. The number of likely N-dealkylation sites (tertiary alicyclic amines) is 1. The Hall–Kier alpha value is -2.54. The molecule has 1 aliphatic rings. The zero-order chi connectivity index (χ0) is 17.8. The van der Waals surface area contributed by atoms with Crippen LogP contribution in [0.2, 0.25) is 5.02 Å². The van der Waals surface area contributed by atoms with E-state index in [0.29, 0.717) is 41.9 Å². The number of halogens is 1. The summed E-state index contributed by atoms with van der Waals surface area (Å²) in [4.78, 5) is 40.6. The van der Waals surface area contributed by atoms with Gasteiger partial charge in [0.1, 0.15) is 5.69 Å². The molecular formula is C17H19ClN4O3. The second-order valence-corrected chi connectivity index (χ2v) is 6.32. The number of urea groups is 1. The summed E-state index contributed by atoms with van der Waals surface area (Å²) in [7, 11) is 0. The molecule has 1 aliphatic heterocycles. The Balaban J connectivity index is 1.54. The van der Waals surface area contributed by atoms with Gasteiger partial charge in [-0.2, -0.15) is 0 Å². The fourth-order valence-electron chi connectivity index (χ4n) is 2.89. The summed E-state index contributed by atoms with van der Waals surface area (Å²) < 4.78 is 0. The number of para-hydroxylation sites is 1. The number of nitrogens with one attached hydrogen (secondary N) is 3. The van der Waals surface area contributed by atoms with Crippen molar-refractivity contribution in [2.45, 2.75) is 19.3 Å². The minimum atomic E-state index is -0.459. The van der Waals surface area contributed by atoms with E-state index in [9.17, 15) is 14.4 Å². The van der Waals surface area contributed by atoms with Gasteiger partial charge in [0.2, 0.25) is 11.3 Å². The van der Waals surface area contributed by atoms with E-state index >= 15 is 0 Å². The van der Waals surface area contributed by atoms with Crippen molar-refractivity contribution < 1.29 is 9.59 Å². The zero-order valence-corrected chi connectivity index (χ0v) is 14.4. The van der Waals surface area contributed by atoms with Crippen LogP contribution in [0.3, 0.4) is 0 Å². The molecule has 0 radical (unpaired) electrons. The van der Waals surface area contributed by atoms with Gasteiger partial charge in [-0.15, -0.1) is 0 Å². The average Bonchev–Trinajstić information content (AvgIpc) is 3.00. The summed E-state index contributed by atoms with van der Waals surface area (Å²) in [6.07, 6.45) is 3.62. The van der Waals surface area contributed by atoms with Gasteiger partial charge in [0.15, 0.2) is 0 Å². The molecule has 0 aliphatic carbocycles. The molecule has 1 saturated heterocycles. The number of rotatable bonds is 5. The largest absolute Gasteiger partial charge is 0.358 e. The Morgan fingerprint density at radius 2 is 2.16 bits per heavy atom. The highest BCUT2D eigenvalue weighted by atomic mass is 35.5. The molecule has 1 aromatic carbocycles. The number of aromatic nitrogens is 1. The summed E-state index contributed by atoms with van der Waals surface area (Å²) >= 11 is 6.04. The van der Waals surface area contributed by atoms with Crippen LogP contribution in [0.1, 0.15) is 19.3 Å². The van der Waals surface area contributed by atoms with Crippen LogP contribution in [-0.4, -0.2) is 41.5 Å². The molecule has 2 heterocycles. The van der Waals surface area contributed by atoms with E-state index in [1.54, 1.807) is 23.1 Å². The molecule has 0 unspecified atom stereocenters. The van der Waals surface area contributed by atoms with Gasteiger partial charge in [-0.25, -0.2) is 4.79 Å². The zero-order valence-electron chi connectivity index (χ0n) is 13.6. The van der Waals surface area contributed by atoms with E-state index in [1.807, 2.05) is 0 Å². The maximum Gasteiger partial charge on any atom is 0.319 e. The molecule has 25 heavy (non-hydrogen) atoms. The fourth-order valence-corrected chi connectivity index (χ4v) is 3.12. The van der Waals surface area contributed by atoms with E-state index in [2.05, 4.69) is 15.6 Å². The van der Waals surface area contributed by atoms with E-state index in [4.69, 9.17) is 11.6 Å². The van der Waals surface area contributed by atoms with Gasteiger partial charge < -0.3 is 20.5 Å². The number of fused-ring (bicyclic) bond motifs is 1. The van der Waals surface area contributed by atoms with Crippen molar-refractivity contribution in [2.24, 2.45) is 0 Å². The van der Waals surface area contributed by atoms with Crippen molar-refractivity contribution in [3.63, 3.8) is 0 Å². The van der Waals surface area contributed by atoms with Crippen LogP contribution >= 0.6 is 11.6 Å². The molecule has 0 saturated carbocycles. The van der Waals surface area contributed by atoms with Gasteiger partial charge in [0.05, 0.1) is 10.5 Å². The molecular weight excluding hydrogens is 344 g/mol. The number of hydrogen-bond acceptors (Lipinski definition) is 3. The van der Waals surface area contributed by atoms with Crippen molar-refractivity contribution in [3.05, 3.63) is 39.6 Å². The molecule has 0 bridgehead atoms. The van der Waals surface area contributed by atoms with Crippen molar-refractivity contribution in [3.8, 4) is 0 Å². The van der Waals surface area contributed by atoms with E-state index in [-0.39, 0.29) is 17.0 Å². The van der Waals surface area contributed by atoms with Gasteiger partial charge >= 0.3 is 6.03 Å². The third-order valence-corrected chi connectivity index (χ3v) is 4.49. The van der Waals surface area contributed by atoms with Gasteiger partial charge in [-0.1, -0.05) is 17.7 Å². The third-order valence-electron chi connectivity index (χ3n) is 4.17. The maximum atomic E-state index is 12.4. The quantitative estimate of drug-likeness (QED) is 0.712. The second kappa shape index (κ2) is 7.57. The van der Waals surface area contributed by atoms with E-state index in [0.717, 1.165) is 13.0 Å². The SMILES string of the molecule is O=C(NCCCN1CCCC1=O)Nc1c[nH]c2c(Cl)cccc2c1=O. The molecule has 2 aromatic rings. The first kappa shape index (κ1) is 17.3.